The maximum atomic E-state index is 11.4. The molecule has 23 heavy (non-hydrogen) atoms. The molecular formula is C14H11ClN4O3S. The summed E-state index contributed by atoms with van der Waals surface area (Å²) in [6.07, 6.45) is 6.46. The topological polar surface area (TPSA) is 93.4 Å². The van der Waals surface area contributed by atoms with Gasteiger partial charge in [0.25, 0.3) is 0 Å². The molecule has 3 aromatic heterocycles. The average molecular weight is 351 g/mol. The second kappa shape index (κ2) is 5.64. The van der Waals surface area contributed by atoms with E-state index in [0.717, 1.165) is 11.8 Å². The van der Waals surface area contributed by atoms with Gasteiger partial charge in [-0.25, -0.2) is 18.4 Å². The number of aromatic nitrogens is 3. The van der Waals surface area contributed by atoms with E-state index >= 15 is 0 Å². The molecule has 0 aliphatic heterocycles. The number of rotatable bonds is 4. The number of imidazole rings is 1. The Labute approximate surface area is 137 Å². The number of nitrogens with zero attached hydrogens (tertiary/aromatic N) is 3. The van der Waals surface area contributed by atoms with Crippen molar-refractivity contribution in [2.75, 3.05) is 11.0 Å². The summed E-state index contributed by atoms with van der Waals surface area (Å²) in [6, 6.07) is 5.13. The minimum atomic E-state index is -3.47. The number of pyridine rings is 2. The van der Waals surface area contributed by atoms with Crippen LogP contribution in [0.15, 0.2) is 36.8 Å². The van der Waals surface area contributed by atoms with Gasteiger partial charge in [0.15, 0.2) is 11.4 Å². The van der Waals surface area contributed by atoms with Crippen LogP contribution >= 0.6 is 11.6 Å². The van der Waals surface area contributed by atoms with Gasteiger partial charge in [-0.3, -0.25) is 13.9 Å². The predicted octanol–water partition coefficient (Wildman–Crippen LogP) is 2.23. The third kappa shape index (κ3) is 3.17. The van der Waals surface area contributed by atoms with Crippen molar-refractivity contribution in [2.45, 2.75) is 0 Å². The number of aldehydes is 1. The van der Waals surface area contributed by atoms with Gasteiger partial charge in [0.1, 0.15) is 11.3 Å². The molecule has 0 aliphatic rings. The SMILES string of the molecule is CS(=O)(=O)Nc1cc(-c2ccc3ncc(C=O)n3c2)cnc1Cl. The molecule has 0 radical (unpaired) electrons. The van der Waals surface area contributed by atoms with Gasteiger partial charge in [0, 0.05) is 23.5 Å². The molecule has 0 saturated carbocycles. The van der Waals surface area contributed by atoms with Crippen molar-refractivity contribution in [2.24, 2.45) is 0 Å². The van der Waals surface area contributed by atoms with E-state index in [1.165, 1.54) is 12.4 Å². The highest BCUT2D eigenvalue weighted by Gasteiger charge is 2.11. The number of sulfonamides is 1. The van der Waals surface area contributed by atoms with Gasteiger partial charge in [-0.2, -0.15) is 0 Å². The lowest BCUT2D eigenvalue weighted by molar-refractivity contribution is 0.111. The molecule has 0 saturated heterocycles. The summed E-state index contributed by atoms with van der Waals surface area (Å²) in [4.78, 5) is 19.1. The van der Waals surface area contributed by atoms with Crippen molar-refractivity contribution in [3.8, 4) is 11.1 Å². The summed E-state index contributed by atoms with van der Waals surface area (Å²) >= 11 is 5.92. The molecule has 0 aromatic carbocycles. The molecule has 0 atom stereocenters. The highest BCUT2D eigenvalue weighted by Crippen LogP contribution is 2.27. The van der Waals surface area contributed by atoms with Gasteiger partial charge in [0.2, 0.25) is 10.0 Å². The maximum Gasteiger partial charge on any atom is 0.229 e. The van der Waals surface area contributed by atoms with Crippen molar-refractivity contribution in [1.29, 1.82) is 0 Å². The van der Waals surface area contributed by atoms with Crippen LogP contribution in [-0.2, 0) is 10.0 Å². The molecule has 9 heteroatoms. The van der Waals surface area contributed by atoms with Crippen LogP contribution in [-0.4, -0.2) is 35.3 Å². The molecule has 1 N–H and O–H groups in total. The lowest BCUT2D eigenvalue weighted by Gasteiger charge is -2.09. The Bertz CT molecular complexity index is 1010. The first kappa shape index (κ1) is 15.4. The van der Waals surface area contributed by atoms with E-state index in [-0.39, 0.29) is 10.8 Å². The fraction of sp³-hybridized carbons (Fsp3) is 0.0714. The van der Waals surface area contributed by atoms with E-state index in [2.05, 4.69) is 14.7 Å². The standard InChI is InChI=1S/C14H11ClN4O3S/c1-23(21,22)18-12-4-10(5-17-14(12)15)9-2-3-13-16-6-11(8-20)19(13)7-9/h2-8,18H,1H3. The van der Waals surface area contributed by atoms with E-state index in [4.69, 9.17) is 11.6 Å². The average Bonchev–Trinajstić information content (AvgIpc) is 2.90. The zero-order chi connectivity index (χ0) is 16.6. The van der Waals surface area contributed by atoms with Crippen LogP contribution in [0.5, 0.6) is 0 Å². The van der Waals surface area contributed by atoms with E-state index in [9.17, 15) is 13.2 Å². The molecule has 0 fully saturated rings. The summed E-state index contributed by atoms with van der Waals surface area (Å²) in [5.74, 6) is 0. The van der Waals surface area contributed by atoms with Gasteiger partial charge in [0.05, 0.1) is 18.1 Å². The number of carbonyl (C=O) groups excluding carboxylic acids is 1. The summed E-state index contributed by atoms with van der Waals surface area (Å²) in [5, 5.41) is 0.0523. The van der Waals surface area contributed by atoms with Crippen LogP contribution in [0.1, 0.15) is 10.5 Å². The first-order valence-corrected chi connectivity index (χ1v) is 8.70. The maximum absolute atomic E-state index is 11.4. The normalized spacial score (nSPS) is 11.6. The molecule has 0 aliphatic carbocycles. The monoisotopic (exact) mass is 350 g/mol. The lowest BCUT2D eigenvalue weighted by Crippen LogP contribution is -2.10. The van der Waals surface area contributed by atoms with Crippen LogP contribution in [0.2, 0.25) is 5.15 Å². The Morgan fingerprint density at radius 1 is 1.22 bits per heavy atom. The zero-order valence-corrected chi connectivity index (χ0v) is 13.5. The second-order valence-corrected chi connectivity index (χ2v) is 6.99. The smallest absolute Gasteiger partial charge is 0.229 e. The summed E-state index contributed by atoms with van der Waals surface area (Å²) < 4.78 is 26.7. The third-order valence-electron chi connectivity index (χ3n) is 3.12. The molecule has 3 heterocycles. The predicted molar refractivity (Wildman–Crippen MR) is 87.3 cm³/mol. The summed E-state index contributed by atoms with van der Waals surface area (Å²) in [7, 11) is -3.47. The summed E-state index contributed by atoms with van der Waals surface area (Å²) in [6.45, 7) is 0. The first-order valence-electron chi connectivity index (χ1n) is 6.43. The zero-order valence-electron chi connectivity index (χ0n) is 11.9. The second-order valence-electron chi connectivity index (χ2n) is 4.88. The largest absolute Gasteiger partial charge is 0.297 e. The van der Waals surface area contributed by atoms with Crippen LogP contribution in [0.4, 0.5) is 5.69 Å². The van der Waals surface area contributed by atoms with Gasteiger partial charge in [-0.05, 0) is 18.2 Å². The Balaban J connectivity index is 2.11. The molecule has 0 spiro atoms. The number of nitrogens with one attached hydrogen (secondary N) is 1. The number of hydrogen-bond donors (Lipinski definition) is 1. The number of fused-ring (bicyclic) bond motifs is 1. The molecule has 0 unspecified atom stereocenters. The van der Waals surface area contributed by atoms with E-state index in [0.29, 0.717) is 23.2 Å². The minimum absolute atomic E-state index is 0.0523. The van der Waals surface area contributed by atoms with Crippen molar-refractivity contribution >= 4 is 39.2 Å². The highest BCUT2D eigenvalue weighted by atomic mass is 35.5. The van der Waals surface area contributed by atoms with Crippen molar-refractivity contribution in [1.82, 2.24) is 14.4 Å². The molecule has 0 amide bonds. The van der Waals surface area contributed by atoms with Gasteiger partial charge < -0.3 is 0 Å². The molecule has 7 nitrogen and oxygen atoms in total. The van der Waals surface area contributed by atoms with Crippen molar-refractivity contribution in [3.05, 3.63) is 47.6 Å². The van der Waals surface area contributed by atoms with E-state index in [1.807, 2.05) is 0 Å². The molecule has 118 valence electrons. The van der Waals surface area contributed by atoms with Crippen LogP contribution in [0.25, 0.3) is 16.8 Å². The molecule has 3 rings (SSSR count). The number of anilines is 1. The van der Waals surface area contributed by atoms with E-state index in [1.54, 1.807) is 28.8 Å². The minimum Gasteiger partial charge on any atom is -0.297 e. The quantitative estimate of drug-likeness (QED) is 0.575. The van der Waals surface area contributed by atoms with Crippen LogP contribution in [0, 0.1) is 0 Å². The lowest BCUT2D eigenvalue weighted by atomic mass is 10.1. The van der Waals surface area contributed by atoms with Crippen molar-refractivity contribution < 1.29 is 13.2 Å². The molecule has 3 aromatic rings. The Morgan fingerprint density at radius 2 is 2.00 bits per heavy atom. The molecule has 0 bridgehead atoms. The van der Waals surface area contributed by atoms with Gasteiger partial charge >= 0.3 is 0 Å². The Kier molecular flexibility index (Phi) is 3.78. The summed E-state index contributed by atoms with van der Waals surface area (Å²) in [5.41, 5.74) is 2.62. The molecular weight excluding hydrogens is 340 g/mol. The number of hydrogen-bond acceptors (Lipinski definition) is 5. The first-order chi connectivity index (χ1) is 10.9. The van der Waals surface area contributed by atoms with Gasteiger partial charge in [-0.15, -0.1) is 0 Å². The van der Waals surface area contributed by atoms with Crippen LogP contribution in [0.3, 0.4) is 0 Å². The third-order valence-corrected chi connectivity index (χ3v) is 4.01. The van der Waals surface area contributed by atoms with E-state index < -0.39 is 10.0 Å². The number of halogens is 1. The fourth-order valence-electron chi connectivity index (χ4n) is 2.13. The Morgan fingerprint density at radius 3 is 2.70 bits per heavy atom. The number of carbonyl (C=O) groups is 1. The van der Waals surface area contributed by atoms with Crippen molar-refractivity contribution in [3.63, 3.8) is 0 Å². The highest BCUT2D eigenvalue weighted by molar-refractivity contribution is 7.92. The van der Waals surface area contributed by atoms with Gasteiger partial charge in [-0.1, -0.05) is 11.6 Å². The Hall–Kier alpha value is -2.45. The fourth-order valence-corrected chi connectivity index (χ4v) is 2.90. The van der Waals surface area contributed by atoms with Crippen LogP contribution < -0.4 is 4.72 Å².